The number of hydrogen-bond donors (Lipinski definition) is 0. The second kappa shape index (κ2) is 7.66. The van der Waals surface area contributed by atoms with Crippen molar-refractivity contribution < 1.29 is 4.79 Å². The lowest BCUT2D eigenvalue weighted by Gasteiger charge is -2.23. The Morgan fingerprint density at radius 2 is 1.84 bits per heavy atom. The lowest BCUT2D eigenvalue weighted by molar-refractivity contribution is -0.128. The largest absolute Gasteiger partial charge is 0.365 e. The molecule has 0 aliphatic carbocycles. The fourth-order valence-corrected chi connectivity index (χ4v) is 2.68. The second-order valence-corrected chi connectivity index (χ2v) is 6.06. The number of benzene rings is 2. The lowest BCUT2D eigenvalue weighted by Crippen LogP contribution is -2.36. The molecule has 1 heterocycles. The lowest BCUT2D eigenvalue weighted by atomic mass is 10.2. The van der Waals surface area contributed by atoms with Gasteiger partial charge in [-0.25, -0.2) is 4.68 Å². The molecule has 1 amide bonds. The molecule has 0 spiro atoms. The zero-order valence-electron chi connectivity index (χ0n) is 14.5. The Labute approximate surface area is 148 Å². The van der Waals surface area contributed by atoms with Crippen molar-refractivity contribution in [2.24, 2.45) is 0 Å². The van der Waals surface area contributed by atoms with E-state index in [-0.39, 0.29) is 5.91 Å². The van der Waals surface area contributed by atoms with Gasteiger partial charge in [0, 0.05) is 38.7 Å². The molecule has 0 fully saturated rings. The topological polar surface area (TPSA) is 41.4 Å². The van der Waals surface area contributed by atoms with Crippen LogP contribution in [0.4, 0.5) is 5.69 Å². The van der Waals surface area contributed by atoms with Gasteiger partial charge in [-0.3, -0.25) is 4.79 Å². The average molecular weight is 334 g/mol. The van der Waals surface area contributed by atoms with E-state index in [9.17, 15) is 4.79 Å². The number of carbonyl (C=O) groups excluding carboxylic acids is 1. The third-order valence-corrected chi connectivity index (χ3v) is 4.09. The van der Waals surface area contributed by atoms with Crippen LogP contribution in [0.3, 0.4) is 0 Å². The summed E-state index contributed by atoms with van der Waals surface area (Å²) in [5.41, 5.74) is 3.10. The number of carbonyl (C=O) groups is 1. The van der Waals surface area contributed by atoms with E-state index in [2.05, 4.69) is 11.2 Å². The summed E-state index contributed by atoms with van der Waals surface area (Å²) >= 11 is 0. The quantitative estimate of drug-likeness (QED) is 0.696. The number of anilines is 1. The second-order valence-electron chi connectivity index (χ2n) is 6.06. The van der Waals surface area contributed by atoms with E-state index in [1.807, 2.05) is 84.5 Å². The van der Waals surface area contributed by atoms with Gasteiger partial charge in [-0.05, 0) is 35.9 Å². The van der Waals surface area contributed by atoms with Crippen LogP contribution >= 0.6 is 0 Å². The van der Waals surface area contributed by atoms with Crippen LogP contribution in [0.5, 0.6) is 0 Å². The molecule has 0 saturated carbocycles. The first-order valence-electron chi connectivity index (χ1n) is 8.22. The molecule has 0 aliphatic heterocycles. The highest BCUT2D eigenvalue weighted by Crippen LogP contribution is 2.13. The van der Waals surface area contributed by atoms with Gasteiger partial charge in [0.1, 0.15) is 0 Å². The van der Waals surface area contributed by atoms with Gasteiger partial charge in [0.15, 0.2) is 0 Å². The Kier molecular flexibility index (Phi) is 5.14. The number of nitrogens with zero attached hydrogens (tertiary/aromatic N) is 4. The number of para-hydroxylation sites is 1. The van der Waals surface area contributed by atoms with Crippen LogP contribution in [0.25, 0.3) is 5.69 Å². The Morgan fingerprint density at radius 1 is 1.04 bits per heavy atom. The van der Waals surface area contributed by atoms with Crippen molar-refractivity contribution in [3.05, 3.63) is 78.6 Å². The van der Waals surface area contributed by atoms with E-state index in [0.29, 0.717) is 13.1 Å². The molecule has 5 heteroatoms. The van der Waals surface area contributed by atoms with Gasteiger partial charge in [0.2, 0.25) is 5.91 Å². The molecule has 0 aliphatic rings. The van der Waals surface area contributed by atoms with Gasteiger partial charge in [-0.1, -0.05) is 30.3 Å². The molecule has 0 atom stereocenters. The molecule has 0 saturated heterocycles. The molecule has 0 N–H and O–H groups in total. The zero-order chi connectivity index (χ0) is 17.6. The molecule has 0 unspecified atom stereocenters. The standard InChI is InChI=1S/C20H22N4O/c1-22(18-9-4-3-5-10-18)16-20(25)23(2)15-17-8-6-11-19(14-17)24-13-7-12-21-24/h3-14H,15-16H2,1-2H3. The number of aromatic nitrogens is 2. The van der Waals surface area contributed by atoms with Crippen LogP contribution in [0.1, 0.15) is 5.56 Å². The summed E-state index contributed by atoms with van der Waals surface area (Å²) in [6.45, 7) is 0.913. The number of amides is 1. The maximum absolute atomic E-state index is 12.5. The Hall–Kier alpha value is -3.08. The van der Waals surface area contributed by atoms with Gasteiger partial charge in [0.25, 0.3) is 0 Å². The third-order valence-electron chi connectivity index (χ3n) is 4.09. The Morgan fingerprint density at radius 3 is 2.56 bits per heavy atom. The van der Waals surface area contributed by atoms with Crippen molar-refractivity contribution in [2.75, 3.05) is 25.5 Å². The van der Waals surface area contributed by atoms with E-state index in [1.54, 1.807) is 11.1 Å². The molecular formula is C20H22N4O. The molecule has 0 radical (unpaired) electrons. The molecule has 1 aromatic heterocycles. The first kappa shape index (κ1) is 16.8. The number of hydrogen-bond acceptors (Lipinski definition) is 3. The van der Waals surface area contributed by atoms with Crippen molar-refractivity contribution in [1.82, 2.24) is 14.7 Å². The minimum Gasteiger partial charge on any atom is -0.365 e. The average Bonchev–Trinajstić information content (AvgIpc) is 3.17. The maximum atomic E-state index is 12.5. The van der Waals surface area contributed by atoms with Crippen LogP contribution in [0.2, 0.25) is 0 Å². The fourth-order valence-electron chi connectivity index (χ4n) is 2.68. The molecule has 128 valence electrons. The molecule has 2 aromatic carbocycles. The molecule has 3 aromatic rings. The van der Waals surface area contributed by atoms with Gasteiger partial charge in [-0.2, -0.15) is 5.10 Å². The summed E-state index contributed by atoms with van der Waals surface area (Å²) in [6, 6.07) is 19.9. The normalized spacial score (nSPS) is 10.5. The van der Waals surface area contributed by atoms with Crippen molar-refractivity contribution in [3.8, 4) is 5.69 Å². The van der Waals surface area contributed by atoms with Crippen LogP contribution in [-0.2, 0) is 11.3 Å². The maximum Gasteiger partial charge on any atom is 0.242 e. The van der Waals surface area contributed by atoms with Crippen molar-refractivity contribution >= 4 is 11.6 Å². The van der Waals surface area contributed by atoms with E-state index in [1.165, 1.54) is 0 Å². The predicted molar refractivity (Wildman–Crippen MR) is 99.8 cm³/mol. The monoisotopic (exact) mass is 334 g/mol. The summed E-state index contributed by atoms with van der Waals surface area (Å²) in [4.78, 5) is 16.2. The summed E-state index contributed by atoms with van der Waals surface area (Å²) in [5, 5.41) is 4.24. The molecule has 5 nitrogen and oxygen atoms in total. The first-order chi connectivity index (χ1) is 12.1. The van der Waals surface area contributed by atoms with E-state index in [4.69, 9.17) is 0 Å². The molecular weight excluding hydrogens is 312 g/mol. The van der Waals surface area contributed by atoms with Gasteiger partial charge in [-0.15, -0.1) is 0 Å². The Bertz CT molecular complexity index is 815. The number of likely N-dealkylation sites (N-methyl/N-ethyl adjacent to an activating group) is 2. The summed E-state index contributed by atoms with van der Waals surface area (Å²) in [7, 11) is 3.77. The van der Waals surface area contributed by atoms with E-state index >= 15 is 0 Å². The van der Waals surface area contributed by atoms with Crippen LogP contribution in [-0.4, -0.2) is 41.2 Å². The predicted octanol–water partition coefficient (Wildman–Crippen LogP) is 2.97. The van der Waals surface area contributed by atoms with Crippen molar-refractivity contribution in [1.29, 1.82) is 0 Å². The third kappa shape index (κ3) is 4.26. The van der Waals surface area contributed by atoms with Crippen molar-refractivity contribution in [3.63, 3.8) is 0 Å². The van der Waals surface area contributed by atoms with E-state index in [0.717, 1.165) is 16.9 Å². The van der Waals surface area contributed by atoms with Gasteiger partial charge in [0.05, 0.1) is 12.2 Å². The molecule has 25 heavy (non-hydrogen) atoms. The number of rotatable bonds is 6. The zero-order valence-corrected chi connectivity index (χ0v) is 14.5. The minimum atomic E-state index is 0.0795. The fraction of sp³-hybridized carbons (Fsp3) is 0.200. The summed E-state index contributed by atoms with van der Waals surface area (Å²) < 4.78 is 1.81. The van der Waals surface area contributed by atoms with Gasteiger partial charge < -0.3 is 9.80 Å². The smallest absolute Gasteiger partial charge is 0.242 e. The van der Waals surface area contributed by atoms with Crippen LogP contribution < -0.4 is 4.90 Å². The van der Waals surface area contributed by atoms with Crippen LogP contribution in [0, 0.1) is 0 Å². The minimum absolute atomic E-state index is 0.0795. The van der Waals surface area contributed by atoms with Crippen molar-refractivity contribution in [2.45, 2.75) is 6.54 Å². The van der Waals surface area contributed by atoms with Gasteiger partial charge >= 0.3 is 0 Å². The molecule has 3 rings (SSSR count). The highest BCUT2D eigenvalue weighted by atomic mass is 16.2. The molecule has 0 bridgehead atoms. The first-order valence-corrected chi connectivity index (χ1v) is 8.22. The Balaban J connectivity index is 1.63. The van der Waals surface area contributed by atoms with E-state index < -0.39 is 0 Å². The summed E-state index contributed by atoms with van der Waals surface area (Å²) in [5.74, 6) is 0.0795. The highest BCUT2D eigenvalue weighted by Gasteiger charge is 2.13. The summed E-state index contributed by atoms with van der Waals surface area (Å²) in [6.07, 6.45) is 3.66. The van der Waals surface area contributed by atoms with Crippen LogP contribution in [0.15, 0.2) is 73.1 Å². The highest BCUT2D eigenvalue weighted by molar-refractivity contribution is 5.81. The SMILES string of the molecule is CN(Cc1cccc(-n2cccn2)c1)C(=O)CN(C)c1ccccc1.